The Kier molecular flexibility index (Phi) is 4.56. The second-order valence-electron chi connectivity index (χ2n) is 6.18. The van der Waals surface area contributed by atoms with E-state index in [-0.39, 0.29) is 5.91 Å². The van der Waals surface area contributed by atoms with Crippen molar-refractivity contribution in [1.82, 2.24) is 5.43 Å². The van der Waals surface area contributed by atoms with E-state index in [1.807, 2.05) is 38.1 Å². The maximum atomic E-state index is 12.4. The maximum Gasteiger partial charge on any atom is 0.271 e. The minimum atomic E-state index is -0.142. The van der Waals surface area contributed by atoms with Crippen molar-refractivity contribution in [3.8, 4) is 0 Å². The smallest absolute Gasteiger partial charge is 0.267 e. The average molecular weight is 306 g/mol. The molecule has 118 valence electrons. The van der Waals surface area contributed by atoms with Crippen molar-refractivity contribution in [1.29, 1.82) is 0 Å². The van der Waals surface area contributed by atoms with E-state index in [1.54, 1.807) is 0 Å². The molecule has 1 amide bonds. The van der Waals surface area contributed by atoms with Gasteiger partial charge in [-0.2, -0.15) is 5.10 Å². The molecule has 0 saturated heterocycles. The zero-order chi connectivity index (χ0) is 16.2. The summed E-state index contributed by atoms with van der Waals surface area (Å²) < 4.78 is 0. The molecule has 0 aliphatic heterocycles. The second-order valence-corrected chi connectivity index (χ2v) is 6.18. The molecule has 3 heteroatoms. The largest absolute Gasteiger partial charge is 0.271 e. The lowest BCUT2D eigenvalue weighted by atomic mass is 10.0. The molecule has 0 spiro atoms. The molecule has 0 radical (unpaired) electrons. The lowest BCUT2D eigenvalue weighted by molar-refractivity contribution is 0.0954. The van der Waals surface area contributed by atoms with Gasteiger partial charge in [0.25, 0.3) is 5.91 Å². The number of rotatable bonds is 2. The Morgan fingerprint density at radius 2 is 1.83 bits per heavy atom. The van der Waals surface area contributed by atoms with Crippen LogP contribution in [0.4, 0.5) is 0 Å². The Morgan fingerprint density at radius 1 is 1.04 bits per heavy atom. The van der Waals surface area contributed by atoms with Crippen molar-refractivity contribution in [3.63, 3.8) is 0 Å². The number of hydrazone groups is 1. The third-order valence-electron chi connectivity index (χ3n) is 4.36. The molecular weight excluding hydrogens is 284 g/mol. The zero-order valence-electron chi connectivity index (χ0n) is 13.7. The molecule has 1 aliphatic rings. The number of nitrogens with zero attached hydrogens (tertiary/aromatic N) is 1. The van der Waals surface area contributed by atoms with Crippen LogP contribution in [-0.4, -0.2) is 11.6 Å². The van der Waals surface area contributed by atoms with Gasteiger partial charge in [-0.05, 0) is 56.7 Å². The molecule has 1 N–H and O–H groups in total. The van der Waals surface area contributed by atoms with Crippen molar-refractivity contribution < 1.29 is 4.79 Å². The van der Waals surface area contributed by atoms with Crippen molar-refractivity contribution in [2.45, 2.75) is 39.5 Å². The Hall–Kier alpha value is -2.42. The fourth-order valence-electron chi connectivity index (χ4n) is 3.13. The molecule has 0 atom stereocenters. The average Bonchev–Trinajstić information content (AvgIpc) is 2.75. The van der Waals surface area contributed by atoms with Gasteiger partial charge in [0.1, 0.15) is 0 Å². The third-order valence-corrected chi connectivity index (χ3v) is 4.36. The van der Waals surface area contributed by atoms with E-state index in [0.717, 1.165) is 36.1 Å². The Bertz CT molecular complexity index is 762. The normalized spacial score (nSPS) is 15.8. The van der Waals surface area contributed by atoms with Crippen LogP contribution in [0.15, 0.2) is 47.6 Å². The molecule has 0 saturated carbocycles. The standard InChI is InChI=1S/C20H22N2O/c1-14-11-12-17(15(2)13-14)20(23)22-21-19-10-6-4-8-16-7-3-5-9-18(16)19/h3,5,7,9,11-13H,4,6,8,10H2,1-2H3,(H,22,23)/b21-19-. The summed E-state index contributed by atoms with van der Waals surface area (Å²) in [6, 6.07) is 14.2. The number of carbonyl (C=O) groups is 1. The molecule has 0 heterocycles. The van der Waals surface area contributed by atoms with Gasteiger partial charge in [0.05, 0.1) is 5.71 Å². The predicted molar refractivity (Wildman–Crippen MR) is 93.9 cm³/mol. The summed E-state index contributed by atoms with van der Waals surface area (Å²) in [5.41, 5.74) is 9.04. The number of carbonyl (C=O) groups excluding carboxylic acids is 1. The molecule has 3 nitrogen and oxygen atoms in total. The van der Waals surface area contributed by atoms with E-state index >= 15 is 0 Å². The highest BCUT2D eigenvalue weighted by molar-refractivity contribution is 6.03. The Labute approximate surface area is 137 Å². The van der Waals surface area contributed by atoms with Gasteiger partial charge in [-0.25, -0.2) is 5.43 Å². The van der Waals surface area contributed by atoms with Crippen LogP contribution < -0.4 is 5.43 Å². The predicted octanol–water partition coefficient (Wildman–Crippen LogP) is 4.16. The van der Waals surface area contributed by atoms with Crippen LogP contribution in [0.5, 0.6) is 0 Å². The SMILES string of the molecule is Cc1ccc(C(=O)N/N=C2/CCCCc3ccccc32)c(C)c1. The first-order valence-electron chi connectivity index (χ1n) is 8.17. The van der Waals surface area contributed by atoms with Gasteiger partial charge >= 0.3 is 0 Å². The lowest BCUT2D eigenvalue weighted by Gasteiger charge is -2.09. The molecule has 23 heavy (non-hydrogen) atoms. The molecule has 3 rings (SSSR count). The van der Waals surface area contributed by atoms with Crippen LogP contribution in [0, 0.1) is 13.8 Å². The van der Waals surface area contributed by atoms with Gasteiger partial charge in [-0.1, -0.05) is 42.0 Å². The van der Waals surface area contributed by atoms with Gasteiger partial charge in [-0.15, -0.1) is 0 Å². The van der Waals surface area contributed by atoms with Gasteiger partial charge in [-0.3, -0.25) is 4.79 Å². The van der Waals surface area contributed by atoms with E-state index in [4.69, 9.17) is 0 Å². The number of hydrogen-bond acceptors (Lipinski definition) is 2. The summed E-state index contributed by atoms with van der Waals surface area (Å²) in [6.45, 7) is 3.98. The van der Waals surface area contributed by atoms with E-state index < -0.39 is 0 Å². The summed E-state index contributed by atoms with van der Waals surface area (Å²) in [5.74, 6) is -0.142. The first-order chi connectivity index (χ1) is 11.1. The first-order valence-corrected chi connectivity index (χ1v) is 8.17. The van der Waals surface area contributed by atoms with E-state index in [9.17, 15) is 4.79 Å². The quantitative estimate of drug-likeness (QED) is 0.657. The monoisotopic (exact) mass is 306 g/mol. The molecule has 0 fully saturated rings. The summed E-state index contributed by atoms with van der Waals surface area (Å²) in [5, 5.41) is 4.44. The Balaban J connectivity index is 1.83. The summed E-state index contributed by atoms with van der Waals surface area (Å²) in [6.07, 6.45) is 4.26. The number of amides is 1. The van der Waals surface area contributed by atoms with Gasteiger partial charge in [0.2, 0.25) is 0 Å². The van der Waals surface area contributed by atoms with E-state index in [1.165, 1.54) is 17.5 Å². The molecule has 0 aromatic heterocycles. The van der Waals surface area contributed by atoms with Crippen LogP contribution in [0.3, 0.4) is 0 Å². The van der Waals surface area contributed by atoms with Gasteiger partial charge < -0.3 is 0 Å². The summed E-state index contributed by atoms with van der Waals surface area (Å²) >= 11 is 0. The first kappa shape index (κ1) is 15.5. The topological polar surface area (TPSA) is 41.5 Å². The zero-order valence-corrected chi connectivity index (χ0v) is 13.7. The van der Waals surface area contributed by atoms with Crippen molar-refractivity contribution in [2.24, 2.45) is 5.10 Å². The molecule has 1 aliphatic carbocycles. The lowest BCUT2D eigenvalue weighted by Crippen LogP contribution is -2.21. The highest BCUT2D eigenvalue weighted by Gasteiger charge is 2.14. The summed E-state index contributed by atoms with van der Waals surface area (Å²) in [7, 11) is 0. The number of benzene rings is 2. The van der Waals surface area contributed by atoms with Crippen molar-refractivity contribution in [3.05, 3.63) is 70.3 Å². The van der Waals surface area contributed by atoms with Crippen LogP contribution in [0.1, 0.15) is 51.9 Å². The Morgan fingerprint density at radius 3 is 2.65 bits per heavy atom. The fourth-order valence-corrected chi connectivity index (χ4v) is 3.13. The van der Waals surface area contributed by atoms with E-state index in [2.05, 4.69) is 28.7 Å². The third kappa shape index (κ3) is 3.50. The van der Waals surface area contributed by atoms with Crippen LogP contribution >= 0.6 is 0 Å². The number of aryl methyl sites for hydroxylation is 3. The molecule has 2 aromatic carbocycles. The molecule has 0 bridgehead atoms. The minimum absolute atomic E-state index is 0.142. The van der Waals surface area contributed by atoms with E-state index in [0.29, 0.717) is 5.56 Å². The van der Waals surface area contributed by atoms with Crippen LogP contribution in [0.25, 0.3) is 0 Å². The van der Waals surface area contributed by atoms with Crippen LogP contribution in [-0.2, 0) is 6.42 Å². The minimum Gasteiger partial charge on any atom is -0.267 e. The molecular formula is C20H22N2O. The fraction of sp³-hybridized carbons (Fsp3) is 0.300. The molecule has 0 unspecified atom stereocenters. The maximum absolute atomic E-state index is 12.4. The number of hydrogen-bond donors (Lipinski definition) is 1. The van der Waals surface area contributed by atoms with Gasteiger partial charge in [0.15, 0.2) is 0 Å². The van der Waals surface area contributed by atoms with Crippen LogP contribution in [0.2, 0.25) is 0 Å². The number of nitrogens with one attached hydrogen (secondary N) is 1. The van der Waals surface area contributed by atoms with Crippen molar-refractivity contribution in [2.75, 3.05) is 0 Å². The highest BCUT2D eigenvalue weighted by atomic mass is 16.2. The second kappa shape index (κ2) is 6.78. The number of fused-ring (bicyclic) bond motifs is 1. The summed E-state index contributed by atoms with van der Waals surface area (Å²) in [4.78, 5) is 12.4. The highest BCUT2D eigenvalue weighted by Crippen LogP contribution is 2.20. The van der Waals surface area contributed by atoms with Crippen molar-refractivity contribution >= 4 is 11.6 Å². The molecule has 2 aromatic rings. The van der Waals surface area contributed by atoms with Gasteiger partial charge in [0, 0.05) is 11.1 Å².